The van der Waals surface area contributed by atoms with Gasteiger partial charge in [0, 0.05) is 16.1 Å². The summed E-state index contributed by atoms with van der Waals surface area (Å²) in [5.41, 5.74) is 2.76. The van der Waals surface area contributed by atoms with E-state index >= 15 is 0 Å². The zero-order valence-electron chi connectivity index (χ0n) is 16.2. The second-order valence-corrected chi connectivity index (χ2v) is 9.21. The molecule has 0 atom stereocenters. The highest BCUT2D eigenvalue weighted by Gasteiger charge is 2.17. The Labute approximate surface area is 202 Å². The summed E-state index contributed by atoms with van der Waals surface area (Å²) in [4.78, 5) is 17.5. The highest BCUT2D eigenvalue weighted by molar-refractivity contribution is 7.21. The Bertz CT molecular complexity index is 1440. The van der Waals surface area contributed by atoms with Gasteiger partial charge in [-0.15, -0.1) is 11.3 Å². The summed E-state index contributed by atoms with van der Waals surface area (Å²) in [6.07, 6.45) is 0. The lowest BCUT2D eigenvalue weighted by Gasteiger charge is -2.09. The Morgan fingerprint density at radius 2 is 1.75 bits per heavy atom. The van der Waals surface area contributed by atoms with Crippen LogP contribution in [0.5, 0.6) is 0 Å². The number of anilines is 1. The van der Waals surface area contributed by atoms with E-state index < -0.39 is 5.91 Å². The molecule has 0 radical (unpaired) electrons. The van der Waals surface area contributed by atoms with Crippen LogP contribution in [-0.2, 0) is 0 Å². The Hall–Kier alpha value is -2.83. The van der Waals surface area contributed by atoms with Crippen LogP contribution in [0.25, 0.3) is 32.1 Å². The fourth-order valence-corrected chi connectivity index (χ4v) is 5.00. The lowest BCUT2D eigenvalue weighted by Crippen LogP contribution is -2.11. The maximum absolute atomic E-state index is 12.8. The first-order chi connectivity index (χ1) is 15.5. The topological polar surface area (TPSA) is 55.1 Å². The van der Waals surface area contributed by atoms with Crippen LogP contribution in [0.3, 0.4) is 0 Å². The smallest absolute Gasteiger partial charge is 0.291 e. The number of benzene rings is 3. The Morgan fingerprint density at radius 1 is 0.906 bits per heavy atom. The summed E-state index contributed by atoms with van der Waals surface area (Å²) in [6.45, 7) is 0. The van der Waals surface area contributed by atoms with E-state index in [2.05, 4.69) is 10.3 Å². The number of hydrogen-bond donors (Lipinski definition) is 1. The molecule has 1 N–H and O–H groups in total. The van der Waals surface area contributed by atoms with Gasteiger partial charge >= 0.3 is 0 Å². The van der Waals surface area contributed by atoms with E-state index in [4.69, 9.17) is 39.2 Å². The minimum atomic E-state index is -0.433. The Kier molecular flexibility index (Phi) is 5.66. The summed E-state index contributed by atoms with van der Waals surface area (Å²) in [5.74, 6) is 0.250. The molecule has 158 valence electrons. The molecule has 4 nitrogen and oxygen atoms in total. The predicted molar refractivity (Wildman–Crippen MR) is 132 cm³/mol. The molecule has 32 heavy (non-hydrogen) atoms. The van der Waals surface area contributed by atoms with Gasteiger partial charge in [0.2, 0.25) is 0 Å². The molecule has 2 aromatic heterocycles. The quantitative estimate of drug-likeness (QED) is 0.270. The van der Waals surface area contributed by atoms with E-state index in [9.17, 15) is 4.79 Å². The molecule has 0 fully saturated rings. The molecule has 0 aliphatic carbocycles. The number of carbonyl (C=O) groups excluding carboxylic acids is 1. The van der Waals surface area contributed by atoms with Crippen LogP contribution in [-0.4, -0.2) is 10.9 Å². The van der Waals surface area contributed by atoms with Gasteiger partial charge in [0.15, 0.2) is 5.76 Å². The summed E-state index contributed by atoms with van der Waals surface area (Å²) >= 11 is 20.4. The number of fused-ring (bicyclic) bond motifs is 1. The number of furan rings is 1. The van der Waals surface area contributed by atoms with Gasteiger partial charge in [-0.1, -0.05) is 59.1 Å². The van der Waals surface area contributed by atoms with Crippen LogP contribution in [0.1, 0.15) is 10.6 Å². The van der Waals surface area contributed by atoms with Crippen LogP contribution in [0.4, 0.5) is 5.69 Å². The first-order valence-electron chi connectivity index (χ1n) is 9.50. The van der Waals surface area contributed by atoms with Crippen molar-refractivity contribution in [2.24, 2.45) is 0 Å². The molecule has 5 aromatic rings. The molecule has 3 aromatic carbocycles. The third kappa shape index (κ3) is 4.12. The van der Waals surface area contributed by atoms with Crippen molar-refractivity contribution in [3.63, 3.8) is 0 Å². The fraction of sp³-hybridized carbons (Fsp3) is 0. The van der Waals surface area contributed by atoms with Crippen LogP contribution >= 0.6 is 46.1 Å². The number of nitrogens with one attached hydrogen (secondary N) is 1. The molecule has 8 heteroatoms. The van der Waals surface area contributed by atoms with Crippen molar-refractivity contribution in [1.82, 2.24) is 4.98 Å². The van der Waals surface area contributed by atoms with Gasteiger partial charge in [0.25, 0.3) is 5.91 Å². The molecule has 0 saturated carbocycles. The molecular formula is C24H13Cl3N2O2S. The van der Waals surface area contributed by atoms with E-state index in [0.717, 1.165) is 20.8 Å². The molecule has 0 unspecified atom stereocenters. The zero-order valence-corrected chi connectivity index (χ0v) is 19.3. The normalized spacial score (nSPS) is 11.1. The average Bonchev–Trinajstić information content (AvgIpc) is 3.43. The van der Waals surface area contributed by atoms with Crippen LogP contribution in [0.15, 0.2) is 77.2 Å². The summed E-state index contributed by atoms with van der Waals surface area (Å²) in [5, 5.41) is 4.89. The van der Waals surface area contributed by atoms with Crippen molar-refractivity contribution in [2.45, 2.75) is 0 Å². The van der Waals surface area contributed by atoms with E-state index in [1.807, 2.05) is 36.4 Å². The third-order valence-corrected chi connectivity index (χ3v) is 6.70. The standard InChI is InChI=1S/C24H13Cl3N2O2S/c25-14-5-3-4-13(10-14)20-8-9-21(31-20)23(30)28-19-11-15(16(26)12-17(19)27)24-29-18-6-1-2-7-22(18)32-24/h1-12H,(H,28,30). The van der Waals surface area contributed by atoms with E-state index in [0.29, 0.717) is 32.1 Å². The summed E-state index contributed by atoms with van der Waals surface area (Å²) in [7, 11) is 0. The van der Waals surface area contributed by atoms with Crippen LogP contribution in [0.2, 0.25) is 15.1 Å². The number of amides is 1. The molecule has 2 heterocycles. The van der Waals surface area contributed by atoms with Crippen LogP contribution in [0, 0.1) is 0 Å². The number of carbonyl (C=O) groups is 1. The van der Waals surface area contributed by atoms with Gasteiger partial charge in [0.05, 0.1) is 25.9 Å². The first-order valence-corrected chi connectivity index (χ1v) is 11.4. The maximum Gasteiger partial charge on any atom is 0.291 e. The van der Waals surface area contributed by atoms with Crippen molar-refractivity contribution in [2.75, 3.05) is 5.32 Å². The number of para-hydroxylation sites is 1. The summed E-state index contributed by atoms with van der Waals surface area (Å²) < 4.78 is 6.77. The highest BCUT2D eigenvalue weighted by atomic mass is 35.5. The third-order valence-electron chi connectivity index (χ3n) is 4.77. The zero-order chi connectivity index (χ0) is 22.2. The highest BCUT2D eigenvalue weighted by Crippen LogP contribution is 2.39. The van der Waals surface area contributed by atoms with Gasteiger partial charge in [0.1, 0.15) is 10.8 Å². The van der Waals surface area contributed by atoms with Crippen molar-refractivity contribution in [3.8, 4) is 21.9 Å². The predicted octanol–water partition coefficient (Wildman–Crippen LogP) is 8.44. The molecular weight excluding hydrogens is 487 g/mol. The number of thiazole rings is 1. The van der Waals surface area contributed by atoms with Crippen molar-refractivity contribution >= 4 is 68.0 Å². The number of halogens is 3. The largest absolute Gasteiger partial charge is 0.451 e. The fourth-order valence-electron chi connectivity index (χ4n) is 3.24. The molecule has 0 saturated heterocycles. The molecule has 0 aliphatic rings. The lowest BCUT2D eigenvalue weighted by molar-refractivity contribution is 0.0997. The van der Waals surface area contributed by atoms with Crippen molar-refractivity contribution < 1.29 is 9.21 Å². The van der Waals surface area contributed by atoms with E-state index in [-0.39, 0.29) is 5.76 Å². The molecule has 0 spiro atoms. The van der Waals surface area contributed by atoms with E-state index in [1.165, 1.54) is 11.3 Å². The molecule has 0 bridgehead atoms. The van der Waals surface area contributed by atoms with Gasteiger partial charge < -0.3 is 9.73 Å². The number of nitrogens with zero attached hydrogens (tertiary/aromatic N) is 1. The van der Waals surface area contributed by atoms with Crippen molar-refractivity contribution in [1.29, 1.82) is 0 Å². The maximum atomic E-state index is 12.8. The SMILES string of the molecule is O=C(Nc1cc(-c2nc3ccccc3s2)c(Cl)cc1Cl)c1ccc(-c2cccc(Cl)c2)o1. The van der Waals surface area contributed by atoms with Gasteiger partial charge in [-0.05, 0) is 48.5 Å². The molecule has 1 amide bonds. The Morgan fingerprint density at radius 3 is 2.56 bits per heavy atom. The van der Waals surface area contributed by atoms with Gasteiger partial charge in [-0.2, -0.15) is 0 Å². The number of hydrogen-bond acceptors (Lipinski definition) is 4. The van der Waals surface area contributed by atoms with Gasteiger partial charge in [-0.3, -0.25) is 4.79 Å². The minimum Gasteiger partial charge on any atom is -0.451 e. The van der Waals surface area contributed by atoms with E-state index in [1.54, 1.807) is 36.4 Å². The molecule has 5 rings (SSSR count). The number of aromatic nitrogens is 1. The summed E-state index contributed by atoms with van der Waals surface area (Å²) in [6, 6.07) is 21.7. The number of rotatable bonds is 4. The monoisotopic (exact) mass is 498 g/mol. The Balaban J connectivity index is 1.44. The van der Waals surface area contributed by atoms with Crippen LogP contribution < -0.4 is 5.32 Å². The first kappa shape index (κ1) is 21.0. The van der Waals surface area contributed by atoms with Gasteiger partial charge in [-0.25, -0.2) is 4.98 Å². The second-order valence-electron chi connectivity index (χ2n) is 6.93. The minimum absolute atomic E-state index is 0.146. The average molecular weight is 500 g/mol. The lowest BCUT2D eigenvalue weighted by atomic mass is 10.2. The van der Waals surface area contributed by atoms with Crippen molar-refractivity contribution in [3.05, 3.63) is 93.6 Å². The second kappa shape index (κ2) is 8.60. The molecule has 0 aliphatic heterocycles.